The standard InChI is InChI=1S/C13H24O2.C4H11N/c1-13(15)11-9-7-5-3-2-4-6-8-10-12-14;1-3-4-5-2/h12H,2-11H2,1H3;5H,3-4H2,1-2H3. The lowest BCUT2D eigenvalue weighted by molar-refractivity contribution is -0.117. The minimum Gasteiger partial charge on any atom is -0.320 e. The molecule has 0 spiro atoms. The number of hydrogen-bond donors (Lipinski definition) is 1. The number of nitrogens with one attached hydrogen (secondary N) is 1. The molecule has 0 saturated heterocycles. The fourth-order valence-corrected chi connectivity index (χ4v) is 1.91. The van der Waals surface area contributed by atoms with Gasteiger partial charge in [-0.05, 0) is 39.8 Å². The van der Waals surface area contributed by atoms with Crippen LogP contribution in [0.5, 0.6) is 0 Å². The number of carbonyl (C=O) groups is 2. The second kappa shape index (κ2) is 20.6. The molecule has 0 aliphatic carbocycles. The molecule has 120 valence electrons. The van der Waals surface area contributed by atoms with Gasteiger partial charge in [-0.15, -0.1) is 0 Å². The van der Waals surface area contributed by atoms with E-state index in [4.69, 9.17) is 0 Å². The Balaban J connectivity index is 0. The monoisotopic (exact) mass is 285 g/mol. The molecule has 3 nitrogen and oxygen atoms in total. The molecule has 1 N–H and O–H groups in total. The predicted molar refractivity (Wildman–Crippen MR) is 87.1 cm³/mol. The first-order valence-corrected chi connectivity index (χ1v) is 8.26. The molecule has 0 heterocycles. The van der Waals surface area contributed by atoms with Crippen LogP contribution in [0.25, 0.3) is 0 Å². The van der Waals surface area contributed by atoms with Crippen LogP contribution in [0.1, 0.15) is 84.5 Å². The summed E-state index contributed by atoms with van der Waals surface area (Å²) >= 11 is 0. The second-order valence-corrected chi connectivity index (χ2v) is 5.34. The average molecular weight is 285 g/mol. The highest BCUT2D eigenvalue weighted by Gasteiger charge is 1.94. The van der Waals surface area contributed by atoms with Crippen LogP contribution in [0, 0.1) is 0 Å². The molecule has 0 aromatic heterocycles. The Morgan fingerprint density at radius 3 is 1.80 bits per heavy atom. The van der Waals surface area contributed by atoms with Crippen molar-refractivity contribution in [3.63, 3.8) is 0 Å². The smallest absolute Gasteiger partial charge is 0.129 e. The zero-order chi connectivity index (χ0) is 15.5. The van der Waals surface area contributed by atoms with Crippen LogP contribution in [0.4, 0.5) is 0 Å². The summed E-state index contributed by atoms with van der Waals surface area (Å²) < 4.78 is 0. The van der Waals surface area contributed by atoms with Crippen LogP contribution in [0.2, 0.25) is 0 Å². The van der Waals surface area contributed by atoms with Gasteiger partial charge in [0.15, 0.2) is 0 Å². The molecule has 0 aliphatic rings. The maximum Gasteiger partial charge on any atom is 0.129 e. The number of carbonyl (C=O) groups excluding carboxylic acids is 2. The van der Waals surface area contributed by atoms with Gasteiger partial charge >= 0.3 is 0 Å². The van der Waals surface area contributed by atoms with Crippen molar-refractivity contribution in [3.05, 3.63) is 0 Å². The molecular weight excluding hydrogens is 250 g/mol. The van der Waals surface area contributed by atoms with Gasteiger partial charge in [-0.1, -0.05) is 45.4 Å². The van der Waals surface area contributed by atoms with E-state index < -0.39 is 0 Å². The Morgan fingerprint density at radius 2 is 1.45 bits per heavy atom. The molecule has 0 bridgehead atoms. The first kappa shape index (κ1) is 21.6. The summed E-state index contributed by atoms with van der Waals surface area (Å²) in [5.41, 5.74) is 0. The highest BCUT2D eigenvalue weighted by Crippen LogP contribution is 2.10. The normalized spacial score (nSPS) is 9.75. The van der Waals surface area contributed by atoms with Crippen molar-refractivity contribution in [1.29, 1.82) is 0 Å². The van der Waals surface area contributed by atoms with Gasteiger partial charge < -0.3 is 14.9 Å². The zero-order valence-electron chi connectivity index (χ0n) is 13.9. The van der Waals surface area contributed by atoms with E-state index in [1.807, 2.05) is 7.05 Å². The Hall–Kier alpha value is -0.700. The van der Waals surface area contributed by atoms with E-state index in [1.165, 1.54) is 44.9 Å². The van der Waals surface area contributed by atoms with E-state index in [0.717, 1.165) is 38.5 Å². The number of Topliss-reactive ketones (excluding diaryl/α,β-unsaturated/α-hetero) is 1. The van der Waals surface area contributed by atoms with Gasteiger partial charge in [0.05, 0.1) is 0 Å². The lowest BCUT2D eigenvalue weighted by atomic mass is 10.1. The van der Waals surface area contributed by atoms with Crippen molar-refractivity contribution in [3.8, 4) is 0 Å². The quantitative estimate of drug-likeness (QED) is 0.405. The van der Waals surface area contributed by atoms with E-state index >= 15 is 0 Å². The third kappa shape index (κ3) is 26.0. The highest BCUT2D eigenvalue weighted by molar-refractivity contribution is 5.75. The molecule has 0 unspecified atom stereocenters. The number of hydrogen-bond acceptors (Lipinski definition) is 3. The lowest BCUT2D eigenvalue weighted by Gasteiger charge is -2.00. The van der Waals surface area contributed by atoms with Crippen molar-refractivity contribution in [1.82, 2.24) is 5.32 Å². The van der Waals surface area contributed by atoms with E-state index in [1.54, 1.807) is 6.92 Å². The fraction of sp³-hybridized carbons (Fsp3) is 0.882. The van der Waals surface area contributed by atoms with E-state index in [2.05, 4.69) is 12.2 Å². The topological polar surface area (TPSA) is 46.2 Å². The number of rotatable bonds is 13. The molecule has 0 rings (SSSR count). The fourth-order valence-electron chi connectivity index (χ4n) is 1.91. The summed E-state index contributed by atoms with van der Waals surface area (Å²) in [6, 6.07) is 0. The number of ketones is 1. The summed E-state index contributed by atoms with van der Waals surface area (Å²) in [4.78, 5) is 20.7. The van der Waals surface area contributed by atoms with Crippen LogP contribution >= 0.6 is 0 Å². The van der Waals surface area contributed by atoms with E-state index in [0.29, 0.717) is 5.78 Å². The van der Waals surface area contributed by atoms with Crippen molar-refractivity contribution < 1.29 is 9.59 Å². The molecule has 0 radical (unpaired) electrons. The molecular formula is C17H35NO2. The van der Waals surface area contributed by atoms with Gasteiger partial charge in [0, 0.05) is 12.8 Å². The van der Waals surface area contributed by atoms with Crippen molar-refractivity contribution in [2.75, 3.05) is 13.6 Å². The third-order valence-corrected chi connectivity index (χ3v) is 3.10. The molecule has 0 fully saturated rings. The summed E-state index contributed by atoms with van der Waals surface area (Å²) in [6.45, 7) is 4.95. The zero-order valence-corrected chi connectivity index (χ0v) is 13.9. The molecule has 0 aromatic rings. The van der Waals surface area contributed by atoms with E-state index in [9.17, 15) is 9.59 Å². The minimum atomic E-state index is 0.309. The summed E-state index contributed by atoms with van der Waals surface area (Å²) in [5, 5.41) is 3.02. The largest absolute Gasteiger partial charge is 0.320 e. The summed E-state index contributed by atoms with van der Waals surface area (Å²) in [7, 11) is 1.96. The number of unbranched alkanes of at least 4 members (excludes halogenated alkanes) is 8. The summed E-state index contributed by atoms with van der Waals surface area (Å²) in [5.74, 6) is 0.309. The molecule has 3 heteroatoms. The summed E-state index contributed by atoms with van der Waals surface area (Å²) in [6.07, 6.45) is 13.2. The van der Waals surface area contributed by atoms with Crippen LogP contribution in [0.15, 0.2) is 0 Å². The van der Waals surface area contributed by atoms with Gasteiger partial charge in [0.25, 0.3) is 0 Å². The van der Waals surface area contributed by atoms with Gasteiger partial charge in [-0.25, -0.2) is 0 Å². The van der Waals surface area contributed by atoms with E-state index in [-0.39, 0.29) is 0 Å². The van der Waals surface area contributed by atoms with Gasteiger partial charge in [0.1, 0.15) is 12.1 Å². The molecule has 0 atom stereocenters. The maximum atomic E-state index is 10.7. The molecule has 20 heavy (non-hydrogen) atoms. The van der Waals surface area contributed by atoms with Gasteiger partial charge in [-0.3, -0.25) is 0 Å². The van der Waals surface area contributed by atoms with Crippen LogP contribution in [0.3, 0.4) is 0 Å². The molecule has 0 saturated carbocycles. The van der Waals surface area contributed by atoms with Crippen LogP contribution in [-0.4, -0.2) is 25.7 Å². The number of aldehydes is 1. The Labute approximate surface area is 125 Å². The second-order valence-electron chi connectivity index (χ2n) is 5.34. The molecule has 0 aliphatic heterocycles. The first-order valence-electron chi connectivity index (χ1n) is 8.26. The highest BCUT2D eigenvalue weighted by atomic mass is 16.1. The minimum absolute atomic E-state index is 0.309. The molecule has 0 amide bonds. The Morgan fingerprint density at radius 1 is 0.950 bits per heavy atom. The lowest BCUT2D eigenvalue weighted by Crippen LogP contribution is -2.04. The Kier molecular flexibility index (Phi) is 22.3. The van der Waals surface area contributed by atoms with Gasteiger partial charge in [-0.2, -0.15) is 0 Å². The van der Waals surface area contributed by atoms with Crippen molar-refractivity contribution >= 4 is 12.1 Å². The van der Waals surface area contributed by atoms with Crippen LogP contribution < -0.4 is 5.32 Å². The molecule has 0 aromatic carbocycles. The van der Waals surface area contributed by atoms with Crippen molar-refractivity contribution in [2.24, 2.45) is 0 Å². The van der Waals surface area contributed by atoms with Crippen molar-refractivity contribution in [2.45, 2.75) is 84.5 Å². The predicted octanol–water partition coefficient (Wildman–Crippen LogP) is 4.29. The third-order valence-electron chi connectivity index (χ3n) is 3.10. The van der Waals surface area contributed by atoms with Crippen LogP contribution in [-0.2, 0) is 9.59 Å². The maximum absolute atomic E-state index is 10.7. The van der Waals surface area contributed by atoms with Gasteiger partial charge in [0.2, 0.25) is 0 Å². The average Bonchev–Trinajstić information content (AvgIpc) is 2.42. The first-order chi connectivity index (χ1) is 9.68. The Bertz CT molecular complexity index is 203. The SMILES string of the molecule is CC(=O)CCCCCCCCCCC=O.CCCNC.